The minimum atomic E-state index is 0.221. The molecule has 2 heterocycles. The van der Waals surface area contributed by atoms with Crippen LogP contribution >= 0.6 is 0 Å². The number of rotatable bonds is 3. The van der Waals surface area contributed by atoms with Gasteiger partial charge in [-0.2, -0.15) is 0 Å². The molecular formula is C14H23N3. The van der Waals surface area contributed by atoms with Gasteiger partial charge in [-0.25, -0.2) is 0 Å². The Morgan fingerprint density at radius 3 is 3.00 bits per heavy atom. The fourth-order valence-corrected chi connectivity index (χ4v) is 2.76. The minimum Gasteiger partial charge on any atom is -0.326 e. The quantitative estimate of drug-likeness (QED) is 0.871. The molecule has 3 nitrogen and oxygen atoms in total. The molecule has 94 valence electrons. The first-order chi connectivity index (χ1) is 8.33. The van der Waals surface area contributed by atoms with Crippen LogP contribution in [-0.4, -0.2) is 29.0 Å². The van der Waals surface area contributed by atoms with Crippen molar-refractivity contribution in [1.82, 2.24) is 9.88 Å². The van der Waals surface area contributed by atoms with E-state index in [9.17, 15) is 0 Å². The van der Waals surface area contributed by atoms with Gasteiger partial charge < -0.3 is 5.73 Å². The lowest BCUT2D eigenvalue weighted by Gasteiger charge is -2.32. The van der Waals surface area contributed by atoms with Gasteiger partial charge >= 0.3 is 0 Å². The molecule has 1 fully saturated rings. The normalized spacial score (nSPS) is 26.7. The van der Waals surface area contributed by atoms with Crippen LogP contribution in [0.2, 0.25) is 0 Å². The lowest BCUT2D eigenvalue weighted by atomic mass is 10.0. The second-order valence-corrected chi connectivity index (χ2v) is 4.90. The number of nitrogens with zero attached hydrogens (tertiary/aromatic N) is 2. The molecule has 0 spiro atoms. The molecule has 2 N–H and O–H groups in total. The average Bonchev–Trinajstić information content (AvgIpc) is 2.53. The van der Waals surface area contributed by atoms with E-state index in [0.717, 1.165) is 25.2 Å². The standard InChI is InChI=1S/C14H23N3/c1-2-10-17-11-6-4-7-12(15)14(17)13-8-3-5-9-16-13/h3,5,8-9,12,14H,2,4,6-7,10-11,15H2,1H3. The molecule has 0 bridgehead atoms. The smallest absolute Gasteiger partial charge is 0.0673 e. The van der Waals surface area contributed by atoms with Gasteiger partial charge in [0.25, 0.3) is 0 Å². The second kappa shape index (κ2) is 6.12. The van der Waals surface area contributed by atoms with Gasteiger partial charge in [0, 0.05) is 12.2 Å². The van der Waals surface area contributed by atoms with E-state index in [2.05, 4.69) is 28.9 Å². The SMILES string of the molecule is CCCN1CCCCC(N)C1c1ccccn1. The highest BCUT2D eigenvalue weighted by Gasteiger charge is 2.28. The summed E-state index contributed by atoms with van der Waals surface area (Å²) >= 11 is 0. The van der Waals surface area contributed by atoms with Crippen LogP contribution in [0.1, 0.15) is 44.3 Å². The molecule has 0 amide bonds. The molecule has 0 aliphatic carbocycles. The van der Waals surface area contributed by atoms with E-state index in [1.807, 2.05) is 12.3 Å². The summed E-state index contributed by atoms with van der Waals surface area (Å²) in [5, 5.41) is 0. The number of hydrogen-bond acceptors (Lipinski definition) is 3. The van der Waals surface area contributed by atoms with E-state index < -0.39 is 0 Å². The summed E-state index contributed by atoms with van der Waals surface area (Å²) in [5.41, 5.74) is 7.48. The highest BCUT2D eigenvalue weighted by molar-refractivity contribution is 5.12. The molecule has 17 heavy (non-hydrogen) atoms. The molecule has 0 saturated carbocycles. The molecule has 3 heteroatoms. The number of pyridine rings is 1. The van der Waals surface area contributed by atoms with Crippen LogP contribution in [0.5, 0.6) is 0 Å². The Morgan fingerprint density at radius 1 is 1.41 bits per heavy atom. The molecule has 2 atom stereocenters. The van der Waals surface area contributed by atoms with Gasteiger partial charge in [-0.3, -0.25) is 9.88 Å². The Labute approximate surface area is 104 Å². The molecule has 0 radical (unpaired) electrons. The Balaban J connectivity index is 2.23. The van der Waals surface area contributed by atoms with Crippen molar-refractivity contribution in [3.8, 4) is 0 Å². The van der Waals surface area contributed by atoms with Crippen LogP contribution in [0.15, 0.2) is 24.4 Å². The third-order valence-corrected chi connectivity index (χ3v) is 3.53. The summed E-state index contributed by atoms with van der Waals surface area (Å²) in [6.45, 7) is 4.50. The van der Waals surface area contributed by atoms with Crippen LogP contribution in [0.25, 0.3) is 0 Å². The third-order valence-electron chi connectivity index (χ3n) is 3.53. The van der Waals surface area contributed by atoms with Crippen molar-refractivity contribution in [3.05, 3.63) is 30.1 Å². The predicted octanol–water partition coefficient (Wildman–Crippen LogP) is 2.35. The molecule has 1 aromatic heterocycles. The van der Waals surface area contributed by atoms with Crippen LogP contribution in [-0.2, 0) is 0 Å². The van der Waals surface area contributed by atoms with Crippen molar-refractivity contribution >= 4 is 0 Å². The van der Waals surface area contributed by atoms with Gasteiger partial charge in [-0.1, -0.05) is 19.4 Å². The molecule has 2 unspecified atom stereocenters. The molecule has 1 aromatic rings. The van der Waals surface area contributed by atoms with Crippen molar-refractivity contribution in [2.45, 2.75) is 44.7 Å². The third kappa shape index (κ3) is 3.05. The van der Waals surface area contributed by atoms with Crippen molar-refractivity contribution in [2.75, 3.05) is 13.1 Å². The van der Waals surface area contributed by atoms with Gasteiger partial charge in [-0.05, 0) is 44.5 Å². The van der Waals surface area contributed by atoms with Crippen molar-refractivity contribution in [2.24, 2.45) is 5.73 Å². The van der Waals surface area contributed by atoms with Gasteiger partial charge in [0.15, 0.2) is 0 Å². The molecule has 1 aliphatic rings. The van der Waals surface area contributed by atoms with E-state index in [0.29, 0.717) is 6.04 Å². The fourth-order valence-electron chi connectivity index (χ4n) is 2.76. The Hall–Kier alpha value is -0.930. The van der Waals surface area contributed by atoms with E-state index in [-0.39, 0.29) is 6.04 Å². The second-order valence-electron chi connectivity index (χ2n) is 4.90. The number of aromatic nitrogens is 1. The van der Waals surface area contributed by atoms with E-state index in [1.165, 1.54) is 19.3 Å². The van der Waals surface area contributed by atoms with Gasteiger partial charge in [0.05, 0.1) is 11.7 Å². The number of hydrogen-bond donors (Lipinski definition) is 1. The van der Waals surface area contributed by atoms with Gasteiger partial charge in [0.2, 0.25) is 0 Å². The summed E-state index contributed by atoms with van der Waals surface area (Å²) in [4.78, 5) is 7.02. The van der Waals surface area contributed by atoms with Crippen molar-refractivity contribution in [1.29, 1.82) is 0 Å². The Morgan fingerprint density at radius 2 is 2.29 bits per heavy atom. The van der Waals surface area contributed by atoms with Crippen LogP contribution < -0.4 is 5.73 Å². The fraction of sp³-hybridized carbons (Fsp3) is 0.643. The maximum atomic E-state index is 6.35. The Bertz CT molecular complexity index is 325. The summed E-state index contributed by atoms with van der Waals surface area (Å²) in [7, 11) is 0. The topological polar surface area (TPSA) is 42.1 Å². The van der Waals surface area contributed by atoms with Crippen LogP contribution in [0, 0.1) is 0 Å². The van der Waals surface area contributed by atoms with E-state index in [1.54, 1.807) is 0 Å². The van der Waals surface area contributed by atoms with Crippen molar-refractivity contribution < 1.29 is 0 Å². The first kappa shape index (κ1) is 12.5. The molecule has 1 aliphatic heterocycles. The minimum absolute atomic E-state index is 0.221. The summed E-state index contributed by atoms with van der Waals surface area (Å²) in [6.07, 6.45) is 6.66. The van der Waals surface area contributed by atoms with Gasteiger partial charge in [-0.15, -0.1) is 0 Å². The van der Waals surface area contributed by atoms with Crippen LogP contribution in [0.4, 0.5) is 0 Å². The lowest BCUT2D eigenvalue weighted by Crippen LogP contribution is -2.40. The maximum Gasteiger partial charge on any atom is 0.0673 e. The highest BCUT2D eigenvalue weighted by Crippen LogP contribution is 2.28. The molecule has 0 aromatic carbocycles. The summed E-state index contributed by atoms with van der Waals surface area (Å²) < 4.78 is 0. The first-order valence-corrected chi connectivity index (χ1v) is 6.73. The van der Waals surface area contributed by atoms with Gasteiger partial charge in [0.1, 0.15) is 0 Å². The first-order valence-electron chi connectivity index (χ1n) is 6.73. The summed E-state index contributed by atoms with van der Waals surface area (Å²) in [5.74, 6) is 0. The zero-order valence-electron chi connectivity index (χ0n) is 10.7. The average molecular weight is 233 g/mol. The molecule has 2 rings (SSSR count). The zero-order chi connectivity index (χ0) is 12.1. The van der Waals surface area contributed by atoms with E-state index >= 15 is 0 Å². The Kier molecular flexibility index (Phi) is 4.51. The zero-order valence-corrected chi connectivity index (χ0v) is 10.7. The predicted molar refractivity (Wildman–Crippen MR) is 70.7 cm³/mol. The van der Waals surface area contributed by atoms with E-state index in [4.69, 9.17) is 5.73 Å². The monoisotopic (exact) mass is 233 g/mol. The lowest BCUT2D eigenvalue weighted by molar-refractivity contribution is 0.182. The largest absolute Gasteiger partial charge is 0.326 e. The molecule has 1 saturated heterocycles. The highest BCUT2D eigenvalue weighted by atomic mass is 15.2. The maximum absolute atomic E-state index is 6.35. The number of nitrogens with two attached hydrogens (primary N) is 1. The number of likely N-dealkylation sites (tertiary alicyclic amines) is 1. The molecular weight excluding hydrogens is 210 g/mol. The van der Waals surface area contributed by atoms with Crippen LogP contribution in [0.3, 0.4) is 0 Å². The summed E-state index contributed by atoms with van der Waals surface area (Å²) in [6, 6.07) is 6.66. The van der Waals surface area contributed by atoms with Crippen molar-refractivity contribution in [3.63, 3.8) is 0 Å².